The Kier molecular flexibility index (Phi) is 11.2. The first-order valence-corrected chi connectivity index (χ1v) is 11.2. The van der Waals surface area contributed by atoms with Crippen LogP contribution in [0, 0.1) is 6.92 Å². The molecule has 2 heterocycles. The number of aliphatic hydroxyl groups excluding tert-OH is 3. The van der Waals surface area contributed by atoms with Crippen molar-refractivity contribution in [3.8, 4) is 5.75 Å². The van der Waals surface area contributed by atoms with E-state index in [0.29, 0.717) is 60.9 Å². The maximum Gasteiger partial charge on any atom is 0.414 e. The second-order valence-corrected chi connectivity index (χ2v) is 8.03. The van der Waals surface area contributed by atoms with Crippen LogP contribution in [0.5, 0.6) is 5.75 Å². The maximum absolute atomic E-state index is 12.5. The van der Waals surface area contributed by atoms with Crippen molar-refractivity contribution in [3.63, 3.8) is 0 Å². The number of carboxylic acid groups (broad SMARTS) is 2. The molecule has 1 fully saturated rings. The number of benzene rings is 1. The Bertz CT molecular complexity index is 1010. The average molecular weight is 506 g/mol. The number of hydrogen-bond acceptors (Lipinski definition) is 9. The van der Waals surface area contributed by atoms with E-state index in [0.717, 1.165) is 0 Å². The largest absolute Gasteiger partial charge is 0.489 e. The van der Waals surface area contributed by atoms with Crippen LogP contribution in [0.2, 0.25) is 0 Å². The van der Waals surface area contributed by atoms with Crippen LogP contribution in [-0.2, 0) is 22.8 Å². The molecule has 0 saturated carbocycles. The monoisotopic (exact) mass is 505 g/mol. The normalized spacial score (nSPS) is 14.4. The first-order chi connectivity index (χ1) is 17.2. The fraction of sp³-hybridized carbons (Fsp3) is 0.417. The van der Waals surface area contributed by atoms with E-state index in [1.807, 2.05) is 35.2 Å². The maximum atomic E-state index is 12.5. The molecule has 0 bridgehead atoms. The number of ether oxygens (including phenoxy) is 1. The molecule has 1 aromatic heterocycles. The standard InChI is InChI=1S/C22H29N3O5.C2H2O4/c1-16-21(20(14-27)18(13-26)11-23-16)30-15-19(28)12-24-7-9-25(10-8-24)22(29)17-5-3-2-4-6-17;3-1(4)2(5)6/h2-6,11,19,26-28H,7-10,12-15H2,1H3;(H,3,4)(H,5,6). The SMILES string of the molecule is Cc1ncc(CO)c(CO)c1OCC(O)CN1CCN(C(=O)c2ccccc2)CC1.O=C(O)C(=O)O. The lowest BCUT2D eigenvalue weighted by Gasteiger charge is -2.35. The highest BCUT2D eigenvalue weighted by Gasteiger charge is 2.24. The molecule has 0 spiro atoms. The third-order valence-corrected chi connectivity index (χ3v) is 5.49. The number of carbonyl (C=O) groups is 3. The zero-order valence-electron chi connectivity index (χ0n) is 19.9. The molecule has 3 rings (SSSR count). The predicted molar refractivity (Wildman–Crippen MR) is 126 cm³/mol. The van der Waals surface area contributed by atoms with E-state index in [2.05, 4.69) is 9.88 Å². The highest BCUT2D eigenvalue weighted by atomic mass is 16.5. The molecule has 1 amide bonds. The van der Waals surface area contributed by atoms with Gasteiger partial charge in [0, 0.05) is 55.6 Å². The van der Waals surface area contributed by atoms with Crippen molar-refractivity contribution in [1.82, 2.24) is 14.8 Å². The molecule has 1 saturated heterocycles. The fourth-order valence-corrected chi connectivity index (χ4v) is 3.60. The van der Waals surface area contributed by atoms with Gasteiger partial charge in [-0.2, -0.15) is 0 Å². The van der Waals surface area contributed by atoms with E-state index in [1.165, 1.54) is 6.20 Å². The van der Waals surface area contributed by atoms with Crippen LogP contribution in [0.25, 0.3) is 0 Å². The van der Waals surface area contributed by atoms with Crippen molar-refractivity contribution < 1.29 is 44.7 Å². The van der Waals surface area contributed by atoms with Crippen molar-refractivity contribution in [2.75, 3.05) is 39.3 Å². The Labute approximate surface area is 208 Å². The molecule has 0 aliphatic carbocycles. The van der Waals surface area contributed by atoms with Gasteiger partial charge in [0.25, 0.3) is 5.91 Å². The molecule has 12 nitrogen and oxygen atoms in total. The van der Waals surface area contributed by atoms with Gasteiger partial charge in [0.1, 0.15) is 18.5 Å². The Morgan fingerprint density at radius 1 is 1.00 bits per heavy atom. The van der Waals surface area contributed by atoms with Crippen LogP contribution in [-0.4, -0.2) is 104 Å². The van der Waals surface area contributed by atoms with Crippen molar-refractivity contribution in [2.24, 2.45) is 0 Å². The summed E-state index contributed by atoms with van der Waals surface area (Å²) < 4.78 is 5.75. The van der Waals surface area contributed by atoms with Crippen LogP contribution in [0.3, 0.4) is 0 Å². The topological polar surface area (TPSA) is 181 Å². The minimum absolute atomic E-state index is 0.0300. The summed E-state index contributed by atoms with van der Waals surface area (Å²) in [4.78, 5) is 38.8. The fourth-order valence-electron chi connectivity index (χ4n) is 3.60. The molecule has 12 heteroatoms. The average Bonchev–Trinajstić information content (AvgIpc) is 2.88. The van der Waals surface area contributed by atoms with Gasteiger partial charge in [0.15, 0.2) is 0 Å². The van der Waals surface area contributed by atoms with E-state index in [-0.39, 0.29) is 25.7 Å². The number of hydrogen-bond donors (Lipinski definition) is 5. The molecule has 1 aliphatic heterocycles. The number of rotatable bonds is 8. The molecule has 5 N–H and O–H groups in total. The van der Waals surface area contributed by atoms with Gasteiger partial charge < -0.3 is 35.2 Å². The number of carbonyl (C=O) groups excluding carboxylic acids is 1. The predicted octanol–water partition coefficient (Wildman–Crippen LogP) is -0.272. The van der Waals surface area contributed by atoms with Crippen LogP contribution in [0.4, 0.5) is 0 Å². The third kappa shape index (κ3) is 8.27. The highest BCUT2D eigenvalue weighted by molar-refractivity contribution is 6.27. The Balaban J connectivity index is 0.000000678. The molecular formula is C24H31N3O9. The number of piperazine rings is 1. The number of aliphatic carboxylic acids is 2. The number of amides is 1. The van der Waals surface area contributed by atoms with Crippen molar-refractivity contribution in [3.05, 3.63) is 58.9 Å². The summed E-state index contributed by atoms with van der Waals surface area (Å²) in [6.45, 7) is 4.29. The minimum Gasteiger partial charge on any atom is -0.489 e. The van der Waals surface area contributed by atoms with Crippen molar-refractivity contribution in [1.29, 1.82) is 0 Å². The van der Waals surface area contributed by atoms with Gasteiger partial charge in [-0.3, -0.25) is 14.7 Å². The van der Waals surface area contributed by atoms with Gasteiger partial charge in [-0.15, -0.1) is 0 Å². The number of aromatic nitrogens is 1. The van der Waals surface area contributed by atoms with Crippen molar-refractivity contribution in [2.45, 2.75) is 26.2 Å². The van der Waals surface area contributed by atoms with Crippen LogP contribution in [0.1, 0.15) is 27.2 Å². The Morgan fingerprint density at radius 2 is 1.61 bits per heavy atom. The van der Waals surface area contributed by atoms with E-state index >= 15 is 0 Å². The number of β-amino-alcohol motifs (C(OH)–C–C–N with tert-alkyl or cyclic N) is 1. The summed E-state index contributed by atoms with van der Waals surface area (Å²) in [6, 6.07) is 9.24. The molecule has 1 aromatic carbocycles. The Morgan fingerprint density at radius 3 is 2.14 bits per heavy atom. The summed E-state index contributed by atoms with van der Waals surface area (Å²) in [7, 11) is 0. The summed E-state index contributed by atoms with van der Waals surface area (Å²) >= 11 is 0. The summed E-state index contributed by atoms with van der Waals surface area (Å²) in [5, 5.41) is 44.2. The number of nitrogens with zero attached hydrogens (tertiary/aromatic N) is 3. The molecule has 196 valence electrons. The van der Waals surface area contributed by atoms with E-state index in [1.54, 1.807) is 6.92 Å². The van der Waals surface area contributed by atoms with Gasteiger partial charge >= 0.3 is 11.9 Å². The lowest BCUT2D eigenvalue weighted by Crippen LogP contribution is -2.51. The molecule has 0 radical (unpaired) electrons. The molecule has 1 aliphatic rings. The molecule has 36 heavy (non-hydrogen) atoms. The lowest BCUT2D eigenvalue weighted by molar-refractivity contribution is -0.159. The number of pyridine rings is 1. The second kappa shape index (κ2) is 14.1. The Hall–Kier alpha value is -3.58. The number of aryl methyl sites for hydroxylation is 1. The number of carboxylic acids is 2. The van der Waals surface area contributed by atoms with E-state index < -0.39 is 18.0 Å². The van der Waals surface area contributed by atoms with E-state index in [9.17, 15) is 20.1 Å². The highest BCUT2D eigenvalue weighted by Crippen LogP contribution is 2.25. The molecule has 1 atom stereocenters. The lowest BCUT2D eigenvalue weighted by atomic mass is 10.1. The first kappa shape index (κ1) is 28.7. The molecule has 2 aromatic rings. The van der Waals surface area contributed by atoms with Gasteiger partial charge in [0.05, 0.1) is 18.9 Å². The van der Waals surface area contributed by atoms with Crippen LogP contribution >= 0.6 is 0 Å². The first-order valence-electron chi connectivity index (χ1n) is 11.2. The quantitative estimate of drug-likeness (QED) is 0.298. The molecular weight excluding hydrogens is 474 g/mol. The van der Waals surface area contributed by atoms with Gasteiger partial charge in [-0.1, -0.05) is 18.2 Å². The summed E-state index contributed by atoms with van der Waals surface area (Å²) in [6.07, 6.45) is 0.783. The van der Waals surface area contributed by atoms with Crippen LogP contribution in [0.15, 0.2) is 36.5 Å². The second-order valence-electron chi connectivity index (χ2n) is 8.03. The smallest absolute Gasteiger partial charge is 0.414 e. The van der Waals surface area contributed by atoms with Gasteiger partial charge in [-0.25, -0.2) is 9.59 Å². The van der Waals surface area contributed by atoms with Gasteiger partial charge in [0.2, 0.25) is 0 Å². The minimum atomic E-state index is -1.82. The zero-order valence-corrected chi connectivity index (χ0v) is 19.9. The van der Waals surface area contributed by atoms with Crippen molar-refractivity contribution >= 4 is 17.8 Å². The summed E-state index contributed by atoms with van der Waals surface area (Å²) in [5.41, 5.74) is 2.28. The zero-order chi connectivity index (χ0) is 26.7. The van der Waals surface area contributed by atoms with Gasteiger partial charge in [-0.05, 0) is 19.1 Å². The van der Waals surface area contributed by atoms with E-state index in [4.69, 9.17) is 24.5 Å². The summed E-state index contributed by atoms with van der Waals surface area (Å²) in [5.74, 6) is -3.21. The van der Waals surface area contributed by atoms with Crippen LogP contribution < -0.4 is 4.74 Å². The number of aliphatic hydroxyl groups is 3. The third-order valence-electron chi connectivity index (χ3n) is 5.49. The molecule has 1 unspecified atom stereocenters.